The second-order valence-corrected chi connectivity index (χ2v) is 7.21. The first-order chi connectivity index (χ1) is 13.4. The van der Waals surface area contributed by atoms with Gasteiger partial charge in [-0.1, -0.05) is 13.8 Å². The monoisotopic (exact) mass is 391 g/mol. The molecule has 4 unspecified atom stereocenters. The molecule has 3 aliphatic heterocycles. The molecule has 4 aliphatic rings. The van der Waals surface area contributed by atoms with Gasteiger partial charge in [-0.3, -0.25) is 9.69 Å². The van der Waals surface area contributed by atoms with E-state index in [1.54, 1.807) is 0 Å². The largest absolute Gasteiger partial charge is 0.512 e. The Morgan fingerprint density at radius 1 is 1.46 bits per heavy atom. The first kappa shape index (κ1) is 18.7. The number of piperidine rings is 1. The van der Waals surface area contributed by atoms with Crippen LogP contribution in [0.15, 0.2) is 40.1 Å². The van der Waals surface area contributed by atoms with Crippen molar-refractivity contribution in [1.29, 1.82) is 0 Å². The van der Waals surface area contributed by atoms with Gasteiger partial charge in [-0.25, -0.2) is 14.2 Å². The fraction of sp³-hybridized carbons (Fsp3) is 0.526. The lowest BCUT2D eigenvalue weighted by Gasteiger charge is -2.46. The number of carbonyl (C=O) groups excluding carboxylic acids is 1. The number of amides is 1. The topological polar surface area (TPSA) is 100 Å². The van der Waals surface area contributed by atoms with E-state index in [-0.39, 0.29) is 17.8 Å². The Kier molecular flexibility index (Phi) is 4.70. The van der Waals surface area contributed by atoms with Crippen LogP contribution in [-0.2, 0) is 14.3 Å². The van der Waals surface area contributed by atoms with E-state index >= 15 is 4.39 Å². The summed E-state index contributed by atoms with van der Waals surface area (Å²) in [6.07, 6.45) is 3.61. The zero-order chi connectivity index (χ0) is 20.0. The quantitative estimate of drug-likeness (QED) is 0.702. The first-order valence-electron chi connectivity index (χ1n) is 9.49. The summed E-state index contributed by atoms with van der Waals surface area (Å²) in [6.45, 7) is 3.91. The molecule has 0 bridgehead atoms. The van der Waals surface area contributed by atoms with E-state index in [0.29, 0.717) is 12.1 Å². The van der Waals surface area contributed by atoms with Gasteiger partial charge in [0.15, 0.2) is 6.10 Å². The molecule has 0 spiro atoms. The number of ether oxygens (including phenoxy) is 2. The maximum Gasteiger partial charge on any atom is 0.512 e. The molecule has 150 valence electrons. The number of aliphatic imine (C=N–C) groups is 1. The van der Waals surface area contributed by atoms with E-state index in [9.17, 15) is 9.59 Å². The van der Waals surface area contributed by atoms with Crippen LogP contribution in [0.3, 0.4) is 0 Å². The highest BCUT2D eigenvalue weighted by molar-refractivity contribution is 6.38. The van der Waals surface area contributed by atoms with E-state index in [2.05, 4.69) is 22.0 Å². The molecule has 4 atom stereocenters. The third kappa shape index (κ3) is 2.90. The summed E-state index contributed by atoms with van der Waals surface area (Å²) in [6, 6.07) is -0.533. The van der Waals surface area contributed by atoms with Crippen LogP contribution >= 0.6 is 0 Å². The lowest BCUT2D eigenvalue weighted by Crippen LogP contribution is -2.58. The molecule has 1 aliphatic carbocycles. The summed E-state index contributed by atoms with van der Waals surface area (Å²) in [5, 5.41) is 12.4. The van der Waals surface area contributed by atoms with Crippen LogP contribution in [0.25, 0.3) is 0 Å². The van der Waals surface area contributed by atoms with Crippen LogP contribution in [-0.4, -0.2) is 52.2 Å². The number of nitrogens with zero attached hydrogens (tertiary/aromatic N) is 2. The Bertz CT molecular complexity index is 847. The van der Waals surface area contributed by atoms with Crippen molar-refractivity contribution in [3.05, 3.63) is 35.1 Å². The van der Waals surface area contributed by atoms with Crippen molar-refractivity contribution in [2.75, 3.05) is 0 Å². The van der Waals surface area contributed by atoms with Gasteiger partial charge in [-0.05, 0) is 37.3 Å². The maximum atomic E-state index is 15.1. The summed E-state index contributed by atoms with van der Waals surface area (Å²) in [4.78, 5) is 29.1. The van der Waals surface area contributed by atoms with Crippen LogP contribution in [0.2, 0.25) is 0 Å². The molecular formula is C19H22FN3O5. The molecule has 4 rings (SSSR count). The minimum Gasteiger partial charge on any atom is -0.488 e. The van der Waals surface area contributed by atoms with Crippen molar-refractivity contribution in [1.82, 2.24) is 10.2 Å². The minimum atomic E-state index is -1.64. The van der Waals surface area contributed by atoms with E-state index in [1.807, 2.05) is 6.92 Å². The highest BCUT2D eigenvalue weighted by atomic mass is 19.1. The fourth-order valence-corrected chi connectivity index (χ4v) is 4.21. The Morgan fingerprint density at radius 3 is 2.93 bits per heavy atom. The third-order valence-electron chi connectivity index (χ3n) is 5.62. The highest BCUT2D eigenvalue weighted by Crippen LogP contribution is 2.41. The SMILES string of the molecule is CCC1CCC2=CC(F)=C3C(OC=C4C(CC)N=C(OC(=O)O)C(=O)N43)C2N1. The molecule has 1 saturated heterocycles. The number of hydrogen-bond donors (Lipinski definition) is 2. The number of carbonyl (C=O) groups is 2. The molecule has 0 saturated carbocycles. The number of fused-ring (bicyclic) bond motifs is 5. The smallest absolute Gasteiger partial charge is 0.488 e. The van der Waals surface area contributed by atoms with E-state index in [4.69, 9.17) is 9.84 Å². The van der Waals surface area contributed by atoms with E-state index in [1.165, 1.54) is 17.2 Å². The molecule has 0 radical (unpaired) electrons. The van der Waals surface area contributed by atoms with Gasteiger partial charge in [0.25, 0.3) is 5.90 Å². The number of rotatable bonds is 2. The van der Waals surface area contributed by atoms with Crippen LogP contribution in [0, 0.1) is 0 Å². The zero-order valence-corrected chi connectivity index (χ0v) is 15.6. The number of carboxylic acid groups (broad SMARTS) is 1. The Morgan fingerprint density at radius 2 is 2.25 bits per heavy atom. The molecule has 8 nitrogen and oxygen atoms in total. The molecule has 1 amide bonds. The summed E-state index contributed by atoms with van der Waals surface area (Å²) in [5.41, 5.74) is 1.35. The van der Waals surface area contributed by atoms with Crippen LogP contribution in [0.5, 0.6) is 0 Å². The van der Waals surface area contributed by atoms with Gasteiger partial charge in [-0.2, -0.15) is 0 Å². The molecule has 9 heteroatoms. The number of halogens is 1. The second-order valence-electron chi connectivity index (χ2n) is 7.21. The summed E-state index contributed by atoms with van der Waals surface area (Å²) in [5.74, 6) is -1.93. The van der Waals surface area contributed by atoms with Crippen molar-refractivity contribution >= 4 is 18.0 Å². The normalized spacial score (nSPS) is 31.6. The average Bonchev–Trinajstić information content (AvgIpc) is 2.69. The third-order valence-corrected chi connectivity index (χ3v) is 5.62. The van der Waals surface area contributed by atoms with Gasteiger partial charge >= 0.3 is 12.1 Å². The molecule has 1 fully saturated rings. The molecule has 3 heterocycles. The predicted octanol–water partition coefficient (Wildman–Crippen LogP) is 2.59. The first-order valence-corrected chi connectivity index (χ1v) is 9.49. The average molecular weight is 391 g/mol. The number of hydrogen-bond acceptors (Lipinski definition) is 6. The van der Waals surface area contributed by atoms with Gasteiger partial charge in [0.2, 0.25) is 0 Å². The summed E-state index contributed by atoms with van der Waals surface area (Å²) >= 11 is 0. The van der Waals surface area contributed by atoms with Gasteiger partial charge < -0.3 is 19.9 Å². The van der Waals surface area contributed by atoms with Gasteiger partial charge in [0.05, 0.1) is 17.8 Å². The highest BCUT2D eigenvalue weighted by Gasteiger charge is 2.49. The number of nitrogens with one attached hydrogen (secondary N) is 1. The fourth-order valence-electron chi connectivity index (χ4n) is 4.21. The molecule has 0 aromatic heterocycles. The number of allylic oxidation sites excluding steroid dienone is 2. The standard InChI is InChI=1S/C19H22FN3O5/c1-3-10-6-5-9-7-11(20)15-16(14(9)21-10)27-8-13-12(4-2)22-17(28-19(25)26)18(24)23(13)15/h7-8,10,12,14,16,21H,3-6H2,1-2H3,(H,25,26). The molecule has 28 heavy (non-hydrogen) atoms. The van der Waals surface area contributed by atoms with Crippen molar-refractivity contribution in [3.8, 4) is 0 Å². The van der Waals surface area contributed by atoms with Gasteiger partial charge in [0.1, 0.15) is 17.8 Å². The lowest BCUT2D eigenvalue weighted by atomic mass is 9.83. The second kappa shape index (κ2) is 7.05. The molecular weight excluding hydrogens is 369 g/mol. The Balaban J connectivity index is 1.77. The van der Waals surface area contributed by atoms with Gasteiger partial charge in [0, 0.05) is 6.04 Å². The minimum absolute atomic E-state index is 0.0698. The van der Waals surface area contributed by atoms with Crippen LogP contribution in [0.1, 0.15) is 39.5 Å². The molecule has 2 N–H and O–H groups in total. The zero-order valence-electron chi connectivity index (χ0n) is 15.6. The van der Waals surface area contributed by atoms with E-state index < -0.39 is 35.9 Å². The Hall–Kier alpha value is -2.68. The molecule has 0 aromatic rings. The van der Waals surface area contributed by atoms with E-state index in [0.717, 1.165) is 24.8 Å². The van der Waals surface area contributed by atoms with Gasteiger partial charge in [-0.15, -0.1) is 0 Å². The van der Waals surface area contributed by atoms with Crippen molar-refractivity contribution < 1.29 is 28.6 Å². The summed E-state index contributed by atoms with van der Waals surface area (Å²) < 4.78 is 25.6. The maximum absolute atomic E-state index is 15.1. The van der Waals surface area contributed by atoms with Crippen molar-refractivity contribution in [2.24, 2.45) is 4.99 Å². The summed E-state index contributed by atoms with van der Waals surface area (Å²) in [7, 11) is 0. The van der Waals surface area contributed by atoms with Crippen LogP contribution < -0.4 is 5.32 Å². The Labute approximate surface area is 161 Å². The lowest BCUT2D eigenvalue weighted by molar-refractivity contribution is -0.125. The van der Waals surface area contributed by atoms with Crippen molar-refractivity contribution in [2.45, 2.75) is 63.8 Å². The predicted molar refractivity (Wildman–Crippen MR) is 96.9 cm³/mol. The molecule has 0 aromatic carbocycles. The van der Waals surface area contributed by atoms with Crippen LogP contribution in [0.4, 0.5) is 9.18 Å². The van der Waals surface area contributed by atoms with Crippen molar-refractivity contribution in [3.63, 3.8) is 0 Å².